The van der Waals surface area contributed by atoms with Crippen molar-refractivity contribution in [2.45, 2.75) is 26.7 Å². The van der Waals surface area contributed by atoms with Crippen LogP contribution in [0.2, 0.25) is 0 Å². The van der Waals surface area contributed by atoms with E-state index in [2.05, 4.69) is 24.8 Å². The van der Waals surface area contributed by atoms with E-state index in [0.29, 0.717) is 18.1 Å². The summed E-state index contributed by atoms with van der Waals surface area (Å²) in [5.41, 5.74) is 3.51. The van der Waals surface area contributed by atoms with Gasteiger partial charge in [-0.3, -0.25) is 9.59 Å². The van der Waals surface area contributed by atoms with Gasteiger partial charge in [-0.1, -0.05) is 12.1 Å². The number of oxazole rings is 1. The van der Waals surface area contributed by atoms with E-state index < -0.39 is 17.9 Å². The molecule has 4 rings (SSSR count). The van der Waals surface area contributed by atoms with Crippen LogP contribution >= 0.6 is 0 Å². The van der Waals surface area contributed by atoms with Crippen LogP contribution in [0.4, 0.5) is 5.69 Å². The Labute approximate surface area is 202 Å². The van der Waals surface area contributed by atoms with Gasteiger partial charge in [-0.15, -0.1) is 0 Å². The summed E-state index contributed by atoms with van der Waals surface area (Å²) in [7, 11) is 0. The monoisotopic (exact) mass is 476 g/mol. The standard InChI is InChI=1S/C27H28N2O6/c1-3-29(4-2)18-10-13-23-24(16-18)35-25(28-23)21-8-5-7-17-15-19(11-12-20(17)21)34-14-6-9-22(26(30)31)27(32)33/h5,7-8,10-13,15-16,22H,3-4,6,9,14H2,1-2H3,(H,30,31)(H,32,33). The molecule has 0 saturated heterocycles. The molecular formula is C27H28N2O6. The molecule has 0 bridgehead atoms. The molecule has 0 unspecified atom stereocenters. The number of anilines is 1. The summed E-state index contributed by atoms with van der Waals surface area (Å²) in [6.45, 7) is 6.29. The zero-order valence-corrected chi connectivity index (χ0v) is 19.7. The molecule has 8 nitrogen and oxygen atoms in total. The van der Waals surface area contributed by atoms with E-state index in [9.17, 15) is 9.59 Å². The van der Waals surface area contributed by atoms with Gasteiger partial charge in [0.05, 0.1) is 6.61 Å². The number of fused-ring (bicyclic) bond motifs is 2. The average Bonchev–Trinajstić information content (AvgIpc) is 3.27. The molecule has 4 aromatic rings. The van der Waals surface area contributed by atoms with Gasteiger partial charge in [-0.25, -0.2) is 4.98 Å². The molecule has 0 aliphatic heterocycles. The number of carboxylic acids is 2. The third-order valence-electron chi connectivity index (χ3n) is 6.08. The molecule has 3 aromatic carbocycles. The number of ether oxygens (including phenoxy) is 1. The SMILES string of the molecule is CCN(CC)c1ccc2nc(-c3cccc4cc(OCCCC(C(=O)O)C(=O)O)ccc34)oc2c1. The molecule has 0 saturated carbocycles. The Hall–Kier alpha value is -4.07. The highest BCUT2D eigenvalue weighted by Crippen LogP contribution is 2.33. The Balaban J connectivity index is 1.52. The second-order valence-electron chi connectivity index (χ2n) is 8.25. The number of rotatable bonds is 11. The van der Waals surface area contributed by atoms with Gasteiger partial charge in [0.1, 0.15) is 11.3 Å². The van der Waals surface area contributed by atoms with Crippen LogP contribution in [0.3, 0.4) is 0 Å². The first-order valence-corrected chi connectivity index (χ1v) is 11.7. The summed E-state index contributed by atoms with van der Waals surface area (Å²) < 4.78 is 11.9. The largest absolute Gasteiger partial charge is 0.494 e. The third-order valence-corrected chi connectivity index (χ3v) is 6.08. The van der Waals surface area contributed by atoms with Crippen molar-refractivity contribution in [3.05, 3.63) is 54.6 Å². The van der Waals surface area contributed by atoms with Gasteiger partial charge >= 0.3 is 11.9 Å². The highest BCUT2D eigenvalue weighted by Gasteiger charge is 2.25. The maximum absolute atomic E-state index is 11.0. The molecule has 182 valence electrons. The molecule has 8 heteroatoms. The van der Waals surface area contributed by atoms with Gasteiger partial charge in [0.2, 0.25) is 5.89 Å². The summed E-state index contributed by atoms with van der Waals surface area (Å²) in [6, 6.07) is 17.6. The van der Waals surface area contributed by atoms with Crippen molar-refractivity contribution in [2.24, 2.45) is 5.92 Å². The predicted molar refractivity (Wildman–Crippen MR) is 134 cm³/mol. The molecule has 0 radical (unpaired) electrons. The summed E-state index contributed by atoms with van der Waals surface area (Å²) in [5.74, 6) is -2.92. The summed E-state index contributed by atoms with van der Waals surface area (Å²) >= 11 is 0. The van der Waals surface area contributed by atoms with Crippen LogP contribution in [-0.4, -0.2) is 46.8 Å². The lowest BCUT2D eigenvalue weighted by Crippen LogP contribution is -2.23. The summed E-state index contributed by atoms with van der Waals surface area (Å²) in [5, 5.41) is 19.8. The van der Waals surface area contributed by atoms with E-state index in [4.69, 9.17) is 24.4 Å². The molecule has 35 heavy (non-hydrogen) atoms. The molecule has 0 spiro atoms. The van der Waals surface area contributed by atoms with Crippen molar-refractivity contribution in [1.29, 1.82) is 0 Å². The van der Waals surface area contributed by atoms with Crippen molar-refractivity contribution < 1.29 is 29.0 Å². The Morgan fingerprint density at radius 3 is 2.51 bits per heavy atom. The highest BCUT2D eigenvalue weighted by molar-refractivity contribution is 5.96. The van der Waals surface area contributed by atoms with Crippen molar-refractivity contribution in [2.75, 3.05) is 24.6 Å². The second-order valence-corrected chi connectivity index (χ2v) is 8.25. The van der Waals surface area contributed by atoms with Crippen molar-refractivity contribution in [1.82, 2.24) is 4.98 Å². The second kappa shape index (κ2) is 10.5. The molecule has 1 heterocycles. The molecule has 0 atom stereocenters. The van der Waals surface area contributed by atoms with E-state index in [-0.39, 0.29) is 13.0 Å². The first-order chi connectivity index (χ1) is 16.9. The maximum atomic E-state index is 11.0. The lowest BCUT2D eigenvalue weighted by molar-refractivity contribution is -0.154. The van der Waals surface area contributed by atoms with Crippen LogP contribution in [-0.2, 0) is 9.59 Å². The first kappa shape index (κ1) is 24.1. The van der Waals surface area contributed by atoms with E-state index in [1.54, 1.807) is 0 Å². The lowest BCUT2D eigenvalue weighted by Gasteiger charge is -2.20. The topological polar surface area (TPSA) is 113 Å². The van der Waals surface area contributed by atoms with Gasteiger partial charge in [-0.2, -0.15) is 0 Å². The molecular weight excluding hydrogens is 448 g/mol. The minimum absolute atomic E-state index is 0.0100. The predicted octanol–water partition coefficient (Wildman–Crippen LogP) is 5.44. The molecule has 0 fully saturated rings. The van der Waals surface area contributed by atoms with Crippen LogP contribution in [0.15, 0.2) is 59.0 Å². The molecule has 2 N–H and O–H groups in total. The van der Waals surface area contributed by atoms with Crippen molar-refractivity contribution in [3.8, 4) is 17.2 Å². The van der Waals surface area contributed by atoms with Crippen LogP contribution in [0.25, 0.3) is 33.3 Å². The summed E-state index contributed by atoms with van der Waals surface area (Å²) in [4.78, 5) is 28.9. The first-order valence-electron chi connectivity index (χ1n) is 11.7. The third kappa shape index (κ3) is 5.21. The fourth-order valence-corrected chi connectivity index (χ4v) is 4.18. The number of aromatic nitrogens is 1. The van der Waals surface area contributed by atoms with Gasteiger partial charge in [0.25, 0.3) is 0 Å². The average molecular weight is 477 g/mol. The number of hydrogen-bond acceptors (Lipinski definition) is 6. The number of carbonyl (C=O) groups is 2. The Kier molecular flexibility index (Phi) is 7.19. The zero-order valence-electron chi connectivity index (χ0n) is 19.7. The van der Waals surface area contributed by atoms with E-state index in [1.165, 1.54) is 0 Å². The van der Waals surface area contributed by atoms with Crippen LogP contribution in [0, 0.1) is 5.92 Å². The fourth-order valence-electron chi connectivity index (χ4n) is 4.18. The van der Waals surface area contributed by atoms with Gasteiger partial charge in [0.15, 0.2) is 11.5 Å². The number of benzene rings is 3. The molecule has 1 aromatic heterocycles. The maximum Gasteiger partial charge on any atom is 0.317 e. The van der Waals surface area contributed by atoms with Crippen LogP contribution in [0.5, 0.6) is 5.75 Å². The Bertz CT molecular complexity index is 1340. The smallest absolute Gasteiger partial charge is 0.317 e. The van der Waals surface area contributed by atoms with Gasteiger partial charge in [-0.05, 0) is 73.9 Å². The van der Waals surface area contributed by atoms with E-state index in [0.717, 1.165) is 46.2 Å². The molecule has 0 aliphatic carbocycles. The normalized spacial score (nSPS) is 11.3. The van der Waals surface area contributed by atoms with Crippen LogP contribution in [0.1, 0.15) is 26.7 Å². The fraction of sp³-hybridized carbons (Fsp3) is 0.296. The van der Waals surface area contributed by atoms with Crippen LogP contribution < -0.4 is 9.64 Å². The van der Waals surface area contributed by atoms with E-state index >= 15 is 0 Å². The minimum Gasteiger partial charge on any atom is -0.494 e. The van der Waals surface area contributed by atoms with Gasteiger partial charge < -0.3 is 24.3 Å². The number of nitrogens with zero attached hydrogens (tertiary/aromatic N) is 2. The highest BCUT2D eigenvalue weighted by atomic mass is 16.5. The zero-order chi connectivity index (χ0) is 24.9. The van der Waals surface area contributed by atoms with Crippen molar-refractivity contribution in [3.63, 3.8) is 0 Å². The number of hydrogen-bond donors (Lipinski definition) is 2. The number of carboxylic acid groups (broad SMARTS) is 2. The lowest BCUT2D eigenvalue weighted by atomic mass is 10.0. The quantitative estimate of drug-likeness (QED) is 0.217. The van der Waals surface area contributed by atoms with Gasteiger partial charge in [0, 0.05) is 30.4 Å². The van der Waals surface area contributed by atoms with E-state index in [1.807, 2.05) is 48.5 Å². The Morgan fingerprint density at radius 2 is 1.80 bits per heavy atom. The molecule has 0 amide bonds. The number of aliphatic carboxylic acids is 2. The Morgan fingerprint density at radius 1 is 1.03 bits per heavy atom. The van der Waals surface area contributed by atoms with Crippen molar-refractivity contribution >= 4 is 39.5 Å². The minimum atomic E-state index is -1.42. The summed E-state index contributed by atoms with van der Waals surface area (Å²) in [6.07, 6.45) is 0.329. The molecule has 0 aliphatic rings.